The molecule has 0 saturated heterocycles. The second-order valence-corrected chi connectivity index (χ2v) is 2.23. The van der Waals surface area contributed by atoms with Crippen LogP contribution in [0.15, 0.2) is 0 Å². The topological polar surface area (TPSA) is 97.7 Å². The van der Waals surface area contributed by atoms with Gasteiger partial charge in [0.25, 0.3) is 0 Å². The minimum Gasteiger partial charge on any atom is -0.744 e. The van der Waals surface area contributed by atoms with Crippen molar-refractivity contribution in [3.05, 3.63) is 0 Å². The minimum atomic E-state index is -4.88. The zero-order valence-electron chi connectivity index (χ0n) is 4.10. The molecule has 0 spiro atoms. The Morgan fingerprint density at radius 2 is 1.50 bits per heavy atom. The summed E-state index contributed by atoms with van der Waals surface area (Å²) >= 11 is 0. The quantitative estimate of drug-likeness (QED) is 0.221. The van der Waals surface area contributed by atoms with Crippen molar-refractivity contribution in [2.45, 2.75) is 5.62 Å². The Hall–Kier alpha value is 0.830. The Balaban J connectivity index is 0. The summed E-state index contributed by atoms with van der Waals surface area (Å²) in [6, 6.07) is 0. The SMILES string of the molecule is O=S(=O)([O-])C(O)O.[Na+]. The summed E-state index contributed by atoms with van der Waals surface area (Å²) in [6.07, 6.45) is 0. The Morgan fingerprint density at radius 1 is 1.38 bits per heavy atom. The van der Waals surface area contributed by atoms with Gasteiger partial charge in [0.2, 0.25) is 5.62 Å². The van der Waals surface area contributed by atoms with E-state index in [1.54, 1.807) is 0 Å². The predicted molar refractivity (Wildman–Crippen MR) is 17.9 cm³/mol. The van der Waals surface area contributed by atoms with Gasteiger partial charge < -0.3 is 14.8 Å². The van der Waals surface area contributed by atoms with Gasteiger partial charge in [0.15, 0.2) is 0 Å². The van der Waals surface area contributed by atoms with Crippen LogP contribution >= 0.6 is 0 Å². The molecule has 0 fully saturated rings. The molecule has 0 atom stereocenters. The molecule has 0 unspecified atom stereocenters. The molecule has 0 aromatic carbocycles. The Kier molecular flexibility index (Phi) is 5.48. The van der Waals surface area contributed by atoms with E-state index in [1.165, 1.54) is 0 Å². The molecule has 5 nitrogen and oxygen atoms in total. The average molecular weight is 150 g/mol. The summed E-state index contributed by atoms with van der Waals surface area (Å²) in [6.45, 7) is 0. The van der Waals surface area contributed by atoms with Crippen LogP contribution in [0.5, 0.6) is 0 Å². The molecule has 0 rings (SSSR count). The fraction of sp³-hybridized carbons (Fsp3) is 1.00. The number of aliphatic hydroxyl groups excluding tert-OH is 1. The van der Waals surface area contributed by atoms with Crippen LogP contribution in [-0.4, -0.2) is 28.8 Å². The van der Waals surface area contributed by atoms with Crippen molar-refractivity contribution in [1.82, 2.24) is 0 Å². The summed E-state index contributed by atoms with van der Waals surface area (Å²) < 4.78 is 27.8. The van der Waals surface area contributed by atoms with E-state index in [1.807, 2.05) is 0 Å². The summed E-state index contributed by atoms with van der Waals surface area (Å²) in [5, 5.41) is 15.1. The van der Waals surface area contributed by atoms with E-state index in [2.05, 4.69) is 0 Å². The summed E-state index contributed by atoms with van der Waals surface area (Å²) in [5.41, 5.74) is -2.78. The second kappa shape index (κ2) is 3.78. The van der Waals surface area contributed by atoms with Gasteiger partial charge in [-0.25, -0.2) is 8.42 Å². The van der Waals surface area contributed by atoms with Crippen molar-refractivity contribution in [2.75, 3.05) is 0 Å². The van der Waals surface area contributed by atoms with E-state index >= 15 is 0 Å². The van der Waals surface area contributed by atoms with Gasteiger partial charge >= 0.3 is 29.6 Å². The molecule has 7 heteroatoms. The summed E-state index contributed by atoms with van der Waals surface area (Å²) in [5.74, 6) is 0. The molecule has 0 amide bonds. The van der Waals surface area contributed by atoms with Gasteiger partial charge in [-0.15, -0.1) is 0 Å². The van der Waals surface area contributed by atoms with E-state index in [4.69, 9.17) is 10.2 Å². The number of aliphatic hydroxyl groups is 2. The Morgan fingerprint density at radius 3 is 1.50 bits per heavy atom. The van der Waals surface area contributed by atoms with E-state index < -0.39 is 15.7 Å². The van der Waals surface area contributed by atoms with Crippen molar-refractivity contribution in [3.8, 4) is 0 Å². The average Bonchev–Trinajstić information content (AvgIpc) is 1.31. The third-order valence-electron chi connectivity index (χ3n) is 0.258. The monoisotopic (exact) mass is 150 g/mol. The van der Waals surface area contributed by atoms with Crippen LogP contribution in [-0.2, 0) is 10.1 Å². The van der Waals surface area contributed by atoms with Crippen molar-refractivity contribution in [2.24, 2.45) is 0 Å². The molecule has 0 aromatic rings. The zero-order chi connectivity index (χ0) is 6.08. The maximum absolute atomic E-state index is 9.28. The first kappa shape index (κ1) is 11.6. The Labute approximate surface area is 68.4 Å². The van der Waals surface area contributed by atoms with Crippen LogP contribution in [0.3, 0.4) is 0 Å². The molecule has 0 saturated carbocycles. The van der Waals surface area contributed by atoms with E-state index in [9.17, 15) is 13.0 Å². The number of hydrogen-bond acceptors (Lipinski definition) is 5. The van der Waals surface area contributed by atoms with Gasteiger partial charge in [-0.1, -0.05) is 0 Å². The first-order valence-corrected chi connectivity index (χ1v) is 2.72. The standard InChI is InChI=1S/CH4O5S.Na/c2-1(3)7(4,5)6;/h1-3H,(H,4,5,6);/q;+1/p-1. The van der Waals surface area contributed by atoms with Crippen molar-refractivity contribution in [3.63, 3.8) is 0 Å². The molecule has 0 aliphatic carbocycles. The molecule has 8 heavy (non-hydrogen) atoms. The molecule has 0 aliphatic heterocycles. The Bertz CT molecular complexity index is 135. The number of hydrogen-bond donors (Lipinski definition) is 2. The van der Waals surface area contributed by atoms with Crippen molar-refractivity contribution in [1.29, 1.82) is 0 Å². The molecule has 0 heterocycles. The van der Waals surface area contributed by atoms with Gasteiger partial charge in [-0.05, 0) is 0 Å². The van der Waals surface area contributed by atoms with E-state index in [-0.39, 0.29) is 29.6 Å². The maximum Gasteiger partial charge on any atom is 1.00 e. The van der Waals surface area contributed by atoms with Gasteiger partial charge in [0, 0.05) is 0 Å². The van der Waals surface area contributed by atoms with Crippen molar-refractivity contribution < 1.29 is 52.7 Å². The second-order valence-electron chi connectivity index (χ2n) is 0.819. The van der Waals surface area contributed by atoms with Crippen LogP contribution < -0.4 is 29.6 Å². The summed E-state index contributed by atoms with van der Waals surface area (Å²) in [4.78, 5) is 0. The third-order valence-corrected chi connectivity index (χ3v) is 0.775. The molecule has 2 N–H and O–H groups in total. The van der Waals surface area contributed by atoms with E-state index in [0.717, 1.165) is 0 Å². The van der Waals surface area contributed by atoms with Crippen LogP contribution in [0, 0.1) is 0 Å². The predicted octanol–water partition coefficient (Wildman–Crippen LogP) is -5.20. The number of rotatable bonds is 1. The molecule has 0 bridgehead atoms. The van der Waals surface area contributed by atoms with Crippen molar-refractivity contribution >= 4 is 10.1 Å². The molecule has 44 valence electrons. The normalized spacial score (nSPS) is 11.0. The fourth-order valence-electron chi connectivity index (χ4n) is 0. The largest absolute Gasteiger partial charge is 1.00 e. The smallest absolute Gasteiger partial charge is 0.744 e. The molecule has 0 aliphatic rings. The molecule has 0 radical (unpaired) electrons. The van der Waals surface area contributed by atoms with Crippen LogP contribution in [0.25, 0.3) is 0 Å². The molecular formula is CH3NaO5S. The fourth-order valence-corrected chi connectivity index (χ4v) is 0. The zero-order valence-corrected chi connectivity index (χ0v) is 6.92. The van der Waals surface area contributed by atoms with Crippen LogP contribution in [0.1, 0.15) is 0 Å². The maximum atomic E-state index is 9.28. The third kappa shape index (κ3) is 4.98. The first-order chi connectivity index (χ1) is 2.94. The van der Waals surface area contributed by atoms with Gasteiger partial charge in [-0.2, -0.15) is 0 Å². The minimum absolute atomic E-state index is 0. The molecular weight excluding hydrogens is 147 g/mol. The van der Waals surface area contributed by atoms with Crippen LogP contribution in [0.4, 0.5) is 0 Å². The van der Waals surface area contributed by atoms with Crippen LogP contribution in [0.2, 0.25) is 0 Å². The first-order valence-electron chi connectivity index (χ1n) is 1.25. The van der Waals surface area contributed by atoms with Gasteiger partial charge in [-0.3, -0.25) is 0 Å². The van der Waals surface area contributed by atoms with E-state index in [0.29, 0.717) is 0 Å². The van der Waals surface area contributed by atoms with Gasteiger partial charge in [0.1, 0.15) is 10.1 Å². The van der Waals surface area contributed by atoms with Gasteiger partial charge in [0.05, 0.1) is 0 Å². The molecule has 0 aromatic heterocycles. The summed E-state index contributed by atoms with van der Waals surface area (Å²) in [7, 11) is -4.88.